The van der Waals surface area contributed by atoms with E-state index in [2.05, 4.69) is 0 Å². The van der Waals surface area contributed by atoms with Crippen molar-refractivity contribution in [1.82, 2.24) is 9.80 Å². The lowest BCUT2D eigenvalue weighted by Crippen LogP contribution is -2.38. The largest absolute Gasteiger partial charge is 0.327 e. The molecule has 1 aliphatic rings. The summed E-state index contributed by atoms with van der Waals surface area (Å²) in [6, 6.07) is 6.69. The third-order valence-corrected chi connectivity index (χ3v) is 3.60. The number of imide groups is 1. The fraction of sp³-hybridized carbons (Fsp3) is 0.429. The molecule has 0 bridgehead atoms. The van der Waals surface area contributed by atoms with Crippen LogP contribution in [0.15, 0.2) is 24.3 Å². The zero-order valence-electron chi connectivity index (χ0n) is 11.3. The molecule has 1 atom stereocenters. The van der Waals surface area contributed by atoms with Gasteiger partial charge in [-0.15, -0.1) is 0 Å². The molecule has 5 heteroatoms. The Hall–Kier alpha value is -1.55. The summed E-state index contributed by atoms with van der Waals surface area (Å²) in [7, 11) is 1.53. The van der Waals surface area contributed by atoms with E-state index in [-0.39, 0.29) is 23.9 Å². The molecule has 0 saturated carbocycles. The minimum atomic E-state index is -0.381. The molecule has 1 unspecified atom stereocenters. The van der Waals surface area contributed by atoms with Crippen molar-refractivity contribution in [3.8, 4) is 0 Å². The molecular formula is C14H17ClN2O2. The van der Waals surface area contributed by atoms with Crippen molar-refractivity contribution in [2.24, 2.45) is 5.92 Å². The molecule has 102 valence electrons. The zero-order valence-corrected chi connectivity index (χ0v) is 12.0. The minimum absolute atomic E-state index is 0.0914. The Labute approximate surface area is 117 Å². The van der Waals surface area contributed by atoms with Gasteiger partial charge in [0.15, 0.2) is 0 Å². The number of rotatable bonds is 3. The van der Waals surface area contributed by atoms with Crippen molar-refractivity contribution < 1.29 is 9.59 Å². The maximum atomic E-state index is 12.1. The van der Waals surface area contributed by atoms with Crippen molar-refractivity contribution in [2.45, 2.75) is 26.4 Å². The van der Waals surface area contributed by atoms with E-state index >= 15 is 0 Å². The first-order valence-electron chi connectivity index (χ1n) is 6.24. The van der Waals surface area contributed by atoms with Crippen LogP contribution in [0.5, 0.6) is 0 Å². The van der Waals surface area contributed by atoms with Crippen LogP contribution in [0, 0.1) is 5.92 Å². The summed E-state index contributed by atoms with van der Waals surface area (Å²) in [5.41, 5.74) is 0.964. The number of urea groups is 1. The van der Waals surface area contributed by atoms with Crippen molar-refractivity contribution in [2.75, 3.05) is 7.05 Å². The number of carbonyl (C=O) groups excluding carboxylic acids is 2. The number of nitrogens with zero attached hydrogens (tertiary/aromatic N) is 2. The molecule has 19 heavy (non-hydrogen) atoms. The number of amides is 3. The molecule has 1 saturated heterocycles. The quantitative estimate of drug-likeness (QED) is 0.799. The van der Waals surface area contributed by atoms with Gasteiger partial charge in [0.2, 0.25) is 0 Å². The van der Waals surface area contributed by atoms with E-state index in [4.69, 9.17) is 11.6 Å². The fourth-order valence-electron chi connectivity index (χ4n) is 2.34. The van der Waals surface area contributed by atoms with Crippen LogP contribution < -0.4 is 0 Å². The average molecular weight is 281 g/mol. The van der Waals surface area contributed by atoms with Crippen LogP contribution in [0.4, 0.5) is 4.79 Å². The molecule has 3 amide bonds. The Bertz CT molecular complexity index is 499. The van der Waals surface area contributed by atoms with E-state index in [1.165, 1.54) is 11.9 Å². The molecule has 0 radical (unpaired) electrons. The van der Waals surface area contributed by atoms with E-state index in [1.54, 1.807) is 17.0 Å². The normalized spacial score (nSPS) is 19.7. The van der Waals surface area contributed by atoms with Crippen molar-refractivity contribution in [3.05, 3.63) is 34.9 Å². The van der Waals surface area contributed by atoms with Gasteiger partial charge in [-0.1, -0.05) is 37.6 Å². The van der Waals surface area contributed by atoms with E-state index < -0.39 is 0 Å². The molecule has 1 aromatic rings. The van der Waals surface area contributed by atoms with Crippen LogP contribution in [-0.4, -0.2) is 34.8 Å². The van der Waals surface area contributed by atoms with Gasteiger partial charge in [-0.2, -0.15) is 0 Å². The lowest BCUT2D eigenvalue weighted by molar-refractivity contribution is -0.128. The number of hydrogen-bond donors (Lipinski definition) is 0. The third kappa shape index (κ3) is 2.59. The number of likely N-dealkylation sites (N-methyl/N-ethyl adjacent to an activating group) is 1. The molecule has 1 aromatic carbocycles. The maximum absolute atomic E-state index is 12.1. The number of hydrogen-bond acceptors (Lipinski definition) is 2. The first-order valence-corrected chi connectivity index (χ1v) is 6.62. The highest BCUT2D eigenvalue weighted by Gasteiger charge is 2.44. The summed E-state index contributed by atoms with van der Waals surface area (Å²) in [6.45, 7) is 4.32. The molecule has 0 N–H and O–H groups in total. The Morgan fingerprint density at radius 3 is 2.32 bits per heavy atom. The topological polar surface area (TPSA) is 40.6 Å². The minimum Gasteiger partial charge on any atom is -0.308 e. The van der Waals surface area contributed by atoms with Gasteiger partial charge >= 0.3 is 6.03 Å². The van der Waals surface area contributed by atoms with Crippen molar-refractivity contribution in [1.29, 1.82) is 0 Å². The Kier molecular flexibility index (Phi) is 3.80. The first-order chi connectivity index (χ1) is 8.91. The second-order valence-corrected chi connectivity index (χ2v) is 5.56. The summed E-state index contributed by atoms with van der Waals surface area (Å²) in [6.07, 6.45) is 0. The summed E-state index contributed by atoms with van der Waals surface area (Å²) < 4.78 is 0. The molecule has 0 spiro atoms. The summed E-state index contributed by atoms with van der Waals surface area (Å²) >= 11 is 5.84. The average Bonchev–Trinajstić information content (AvgIpc) is 2.57. The fourth-order valence-corrected chi connectivity index (χ4v) is 2.46. The van der Waals surface area contributed by atoms with Crippen LogP contribution in [0.3, 0.4) is 0 Å². The highest BCUT2D eigenvalue weighted by Crippen LogP contribution is 2.24. The predicted octanol–water partition coefficient (Wildman–Crippen LogP) is 2.76. The number of carbonyl (C=O) groups is 2. The van der Waals surface area contributed by atoms with Crippen molar-refractivity contribution >= 4 is 23.5 Å². The molecule has 1 aliphatic heterocycles. The maximum Gasteiger partial charge on any atom is 0.327 e. The highest BCUT2D eigenvalue weighted by molar-refractivity contribution is 6.30. The van der Waals surface area contributed by atoms with Crippen LogP contribution in [-0.2, 0) is 11.3 Å². The molecule has 2 rings (SSSR count). The zero-order chi connectivity index (χ0) is 14.2. The third-order valence-electron chi connectivity index (χ3n) is 3.35. The molecule has 0 aromatic heterocycles. The highest BCUT2D eigenvalue weighted by atomic mass is 35.5. The first kappa shape index (κ1) is 13.9. The monoisotopic (exact) mass is 280 g/mol. The van der Waals surface area contributed by atoms with Crippen LogP contribution in [0.25, 0.3) is 0 Å². The summed E-state index contributed by atoms with van der Waals surface area (Å²) in [5.74, 6) is -0.0392. The molecule has 1 fully saturated rings. The molecular weight excluding hydrogens is 264 g/mol. The van der Waals surface area contributed by atoms with Gasteiger partial charge in [-0.25, -0.2) is 4.79 Å². The Balaban J connectivity index is 2.24. The molecule has 1 heterocycles. The summed E-state index contributed by atoms with van der Waals surface area (Å²) in [4.78, 5) is 27.0. The van der Waals surface area contributed by atoms with Gasteiger partial charge in [0, 0.05) is 18.6 Å². The van der Waals surface area contributed by atoms with Gasteiger partial charge in [0.05, 0.1) is 0 Å². The van der Waals surface area contributed by atoms with Crippen LogP contribution in [0.1, 0.15) is 19.4 Å². The predicted molar refractivity (Wildman–Crippen MR) is 73.8 cm³/mol. The van der Waals surface area contributed by atoms with Gasteiger partial charge in [0.1, 0.15) is 6.04 Å². The SMILES string of the molecule is CC(C)C1C(=O)N(C)C(=O)N1Cc1ccc(Cl)cc1. The van der Waals surface area contributed by atoms with E-state index in [9.17, 15) is 9.59 Å². The Morgan fingerprint density at radius 1 is 1.21 bits per heavy atom. The van der Waals surface area contributed by atoms with E-state index in [1.807, 2.05) is 26.0 Å². The standard InChI is InChI=1S/C14H17ClN2O2/c1-9(2)12-13(18)16(3)14(19)17(12)8-10-4-6-11(15)7-5-10/h4-7,9,12H,8H2,1-3H3. The smallest absolute Gasteiger partial charge is 0.308 e. The lowest BCUT2D eigenvalue weighted by atomic mass is 10.0. The number of benzene rings is 1. The van der Waals surface area contributed by atoms with Crippen molar-refractivity contribution in [3.63, 3.8) is 0 Å². The number of halogens is 1. The van der Waals surface area contributed by atoms with Gasteiger partial charge < -0.3 is 4.90 Å². The van der Waals surface area contributed by atoms with E-state index in [0.29, 0.717) is 11.6 Å². The van der Waals surface area contributed by atoms with Crippen LogP contribution >= 0.6 is 11.6 Å². The van der Waals surface area contributed by atoms with Gasteiger partial charge in [-0.3, -0.25) is 9.69 Å². The molecule has 0 aliphatic carbocycles. The van der Waals surface area contributed by atoms with E-state index in [0.717, 1.165) is 5.56 Å². The lowest BCUT2D eigenvalue weighted by Gasteiger charge is -2.24. The van der Waals surface area contributed by atoms with Gasteiger partial charge in [0.25, 0.3) is 5.91 Å². The summed E-state index contributed by atoms with van der Waals surface area (Å²) in [5, 5.41) is 0.658. The second-order valence-electron chi connectivity index (χ2n) is 5.12. The molecule has 4 nitrogen and oxygen atoms in total. The Morgan fingerprint density at radius 2 is 1.79 bits per heavy atom. The second kappa shape index (κ2) is 5.21. The van der Waals surface area contributed by atoms with Gasteiger partial charge in [-0.05, 0) is 23.6 Å². The van der Waals surface area contributed by atoms with Crippen LogP contribution in [0.2, 0.25) is 5.02 Å².